The summed E-state index contributed by atoms with van der Waals surface area (Å²) in [4.78, 5) is 0. The summed E-state index contributed by atoms with van der Waals surface area (Å²) in [6.07, 6.45) is 2.72. The van der Waals surface area contributed by atoms with Gasteiger partial charge in [0.05, 0.1) is 18.2 Å². The van der Waals surface area contributed by atoms with Crippen molar-refractivity contribution in [3.8, 4) is 0 Å². The SMILES string of the molecule is C.C.CC(C)NC1Cc2ccccc2C1NC(C)C.CC(C)NC1c2ccccc2CC1OC(C)C. The Morgan fingerprint density at radius 1 is 0.611 bits per heavy atom. The van der Waals surface area contributed by atoms with Crippen molar-refractivity contribution >= 4 is 0 Å². The van der Waals surface area contributed by atoms with Crippen molar-refractivity contribution in [3.63, 3.8) is 0 Å². The fourth-order valence-electron chi connectivity index (χ4n) is 5.33. The van der Waals surface area contributed by atoms with E-state index >= 15 is 0 Å². The van der Waals surface area contributed by atoms with Crippen molar-refractivity contribution in [3.05, 3.63) is 70.8 Å². The molecule has 4 heteroatoms. The summed E-state index contributed by atoms with van der Waals surface area (Å²) in [6, 6.07) is 20.3. The molecule has 0 saturated carbocycles. The highest BCUT2D eigenvalue weighted by atomic mass is 16.5. The molecule has 4 rings (SSSR count). The van der Waals surface area contributed by atoms with Gasteiger partial charge in [0.25, 0.3) is 0 Å². The van der Waals surface area contributed by atoms with Crippen LogP contribution in [0.15, 0.2) is 48.5 Å². The minimum Gasteiger partial charge on any atom is -0.373 e. The number of hydrogen-bond donors (Lipinski definition) is 3. The summed E-state index contributed by atoms with van der Waals surface area (Å²) in [5.74, 6) is 0. The molecule has 4 unspecified atom stereocenters. The summed E-state index contributed by atoms with van der Waals surface area (Å²) in [5, 5.41) is 11.0. The second kappa shape index (κ2) is 14.9. The van der Waals surface area contributed by atoms with Crippen LogP contribution in [0.1, 0.15) is 105 Å². The van der Waals surface area contributed by atoms with Gasteiger partial charge < -0.3 is 20.7 Å². The van der Waals surface area contributed by atoms with Crippen molar-refractivity contribution in [2.75, 3.05) is 0 Å². The molecule has 0 bridgehead atoms. The summed E-state index contributed by atoms with van der Waals surface area (Å²) < 4.78 is 6.04. The molecule has 2 aromatic carbocycles. The molecule has 0 radical (unpaired) electrons. The maximum absolute atomic E-state index is 6.04. The van der Waals surface area contributed by atoms with Gasteiger partial charge in [0.15, 0.2) is 0 Å². The first-order valence-corrected chi connectivity index (χ1v) is 13.2. The van der Waals surface area contributed by atoms with E-state index in [9.17, 15) is 0 Å². The Bertz CT molecular complexity index is 819. The zero-order chi connectivity index (χ0) is 24.8. The number of ether oxygens (including phenoxy) is 1. The Balaban J connectivity index is 0.000000341. The van der Waals surface area contributed by atoms with Gasteiger partial charge in [-0.05, 0) is 42.5 Å². The highest BCUT2D eigenvalue weighted by Gasteiger charge is 2.34. The molecule has 0 aliphatic heterocycles. The molecule has 4 nitrogen and oxygen atoms in total. The third-order valence-electron chi connectivity index (χ3n) is 6.44. The summed E-state index contributed by atoms with van der Waals surface area (Å²) in [6.45, 7) is 17.5. The Morgan fingerprint density at radius 3 is 1.56 bits per heavy atom. The number of nitrogens with one attached hydrogen (secondary N) is 3. The van der Waals surface area contributed by atoms with E-state index in [-0.39, 0.29) is 27.1 Å². The number of benzene rings is 2. The van der Waals surface area contributed by atoms with E-state index in [0.717, 1.165) is 12.8 Å². The van der Waals surface area contributed by atoms with Crippen LogP contribution in [0.25, 0.3) is 0 Å². The Labute approximate surface area is 223 Å². The first-order chi connectivity index (χ1) is 16.2. The molecule has 0 spiro atoms. The summed E-state index contributed by atoms with van der Waals surface area (Å²) in [5.41, 5.74) is 5.80. The number of rotatable bonds is 8. The van der Waals surface area contributed by atoms with Gasteiger partial charge in [-0.1, -0.05) is 105 Å². The van der Waals surface area contributed by atoms with Gasteiger partial charge in [0.2, 0.25) is 0 Å². The number of hydrogen-bond acceptors (Lipinski definition) is 4. The average molecular weight is 498 g/mol. The maximum atomic E-state index is 6.04. The number of fused-ring (bicyclic) bond motifs is 2. The average Bonchev–Trinajstić information content (AvgIpc) is 3.25. The fraction of sp³-hybridized carbons (Fsp3) is 0.625. The van der Waals surface area contributed by atoms with Gasteiger partial charge in [-0.3, -0.25) is 0 Å². The van der Waals surface area contributed by atoms with E-state index in [1.165, 1.54) is 22.3 Å². The van der Waals surface area contributed by atoms with Crippen LogP contribution in [0, 0.1) is 0 Å². The second-order valence-electron chi connectivity index (χ2n) is 11.1. The molecule has 36 heavy (non-hydrogen) atoms. The highest BCUT2D eigenvalue weighted by Crippen LogP contribution is 2.34. The van der Waals surface area contributed by atoms with Crippen LogP contribution in [-0.2, 0) is 17.6 Å². The molecule has 0 heterocycles. The second-order valence-corrected chi connectivity index (χ2v) is 11.1. The van der Waals surface area contributed by atoms with Crippen molar-refractivity contribution < 1.29 is 4.74 Å². The fourth-order valence-corrected chi connectivity index (χ4v) is 5.33. The van der Waals surface area contributed by atoms with E-state index in [4.69, 9.17) is 4.74 Å². The smallest absolute Gasteiger partial charge is 0.0813 e. The molecule has 2 aromatic rings. The lowest BCUT2D eigenvalue weighted by Gasteiger charge is -2.26. The van der Waals surface area contributed by atoms with Gasteiger partial charge in [0.1, 0.15) is 0 Å². The van der Waals surface area contributed by atoms with Crippen molar-refractivity contribution in [1.29, 1.82) is 0 Å². The van der Waals surface area contributed by atoms with E-state index in [0.29, 0.717) is 36.3 Å². The van der Waals surface area contributed by atoms with E-state index in [2.05, 4.69) is 120 Å². The van der Waals surface area contributed by atoms with Crippen LogP contribution in [-0.4, -0.2) is 36.4 Å². The van der Waals surface area contributed by atoms with E-state index in [1.54, 1.807) is 0 Å². The molecule has 4 atom stereocenters. The zero-order valence-corrected chi connectivity index (χ0v) is 22.6. The van der Waals surface area contributed by atoms with Crippen LogP contribution in [0.4, 0.5) is 0 Å². The molecule has 2 aliphatic rings. The predicted molar refractivity (Wildman–Crippen MR) is 158 cm³/mol. The minimum absolute atomic E-state index is 0. The largest absolute Gasteiger partial charge is 0.373 e. The Morgan fingerprint density at radius 2 is 1.06 bits per heavy atom. The standard InChI is InChI=1S/C15H24N2.C15H23NO.2CH4/c1-10(2)16-14-9-12-7-5-6-8-13(12)15(14)17-11(3)4;1-10(2)16-15-13-8-6-5-7-12(13)9-14(15)17-11(3)4;;/h5-8,10-11,14-17H,9H2,1-4H3;5-8,10-11,14-16H,9H2,1-4H3;2*1H4. The third-order valence-corrected chi connectivity index (χ3v) is 6.44. The van der Waals surface area contributed by atoms with Gasteiger partial charge in [0, 0.05) is 36.6 Å². The molecular weight excluding hydrogens is 442 g/mol. The lowest BCUT2D eigenvalue weighted by molar-refractivity contribution is -0.00834. The highest BCUT2D eigenvalue weighted by molar-refractivity contribution is 5.38. The van der Waals surface area contributed by atoms with Gasteiger partial charge in [-0.25, -0.2) is 0 Å². The molecule has 3 N–H and O–H groups in total. The Kier molecular flexibility index (Phi) is 13.4. The first kappa shape index (κ1) is 32.3. The molecule has 0 saturated heterocycles. The lowest BCUT2D eigenvalue weighted by Crippen LogP contribution is -2.44. The van der Waals surface area contributed by atoms with Crippen LogP contribution >= 0.6 is 0 Å². The van der Waals surface area contributed by atoms with Gasteiger partial charge in [-0.15, -0.1) is 0 Å². The molecule has 0 amide bonds. The maximum Gasteiger partial charge on any atom is 0.0813 e. The van der Waals surface area contributed by atoms with Crippen molar-refractivity contribution in [2.24, 2.45) is 0 Å². The molecule has 0 aromatic heterocycles. The molecular formula is C32H55N3O. The third kappa shape index (κ3) is 8.69. The molecule has 2 aliphatic carbocycles. The van der Waals surface area contributed by atoms with Crippen LogP contribution in [0.2, 0.25) is 0 Å². The van der Waals surface area contributed by atoms with Crippen LogP contribution in [0.3, 0.4) is 0 Å². The van der Waals surface area contributed by atoms with Gasteiger partial charge in [-0.2, -0.15) is 0 Å². The normalized spacial score (nSPS) is 22.1. The quantitative estimate of drug-likeness (QED) is 0.367. The van der Waals surface area contributed by atoms with Crippen LogP contribution < -0.4 is 16.0 Å². The predicted octanol–water partition coefficient (Wildman–Crippen LogP) is 7.00. The minimum atomic E-state index is 0. The van der Waals surface area contributed by atoms with E-state index in [1.807, 2.05) is 0 Å². The Hall–Kier alpha value is -1.72. The zero-order valence-electron chi connectivity index (χ0n) is 22.6. The summed E-state index contributed by atoms with van der Waals surface area (Å²) in [7, 11) is 0. The molecule has 0 fully saturated rings. The topological polar surface area (TPSA) is 45.3 Å². The monoisotopic (exact) mass is 497 g/mol. The van der Waals surface area contributed by atoms with Gasteiger partial charge >= 0.3 is 0 Å². The van der Waals surface area contributed by atoms with Crippen molar-refractivity contribution in [2.45, 2.75) is 132 Å². The van der Waals surface area contributed by atoms with Crippen LogP contribution in [0.5, 0.6) is 0 Å². The lowest BCUT2D eigenvalue weighted by atomic mass is 10.1. The summed E-state index contributed by atoms with van der Waals surface area (Å²) >= 11 is 0. The first-order valence-electron chi connectivity index (χ1n) is 13.2. The van der Waals surface area contributed by atoms with E-state index < -0.39 is 0 Å². The molecule has 204 valence electrons. The van der Waals surface area contributed by atoms with Crippen molar-refractivity contribution in [1.82, 2.24) is 16.0 Å².